The molecule has 0 radical (unpaired) electrons. The Balaban J connectivity index is 1.98. The number of carbonyl (C=O) groups is 1. The number of carbonyl (C=O) groups excluding carboxylic acids is 1. The van der Waals surface area contributed by atoms with Gasteiger partial charge in [-0.1, -0.05) is 22.5 Å². The zero-order chi connectivity index (χ0) is 20.0. The number of aromatic nitrogens is 1. The first kappa shape index (κ1) is 20.0. The lowest BCUT2D eigenvalue weighted by Gasteiger charge is -2.15. The molecule has 3 rings (SSSR count). The molecule has 146 valence electrons. The Morgan fingerprint density at radius 1 is 1.37 bits per heavy atom. The highest BCUT2D eigenvalue weighted by Crippen LogP contribution is 2.30. The van der Waals surface area contributed by atoms with Crippen molar-refractivity contribution in [2.24, 2.45) is 5.73 Å². The van der Waals surface area contributed by atoms with E-state index in [-0.39, 0.29) is 23.7 Å². The number of sulfonamides is 2. The van der Waals surface area contributed by atoms with E-state index < -0.39 is 32.0 Å². The molecular weight excluding hydrogens is 460 g/mol. The van der Waals surface area contributed by atoms with Crippen molar-refractivity contribution in [1.29, 1.82) is 0 Å². The number of nitrogens with zero attached hydrogens (tertiary/aromatic N) is 1. The van der Waals surface area contributed by atoms with Gasteiger partial charge in [0.2, 0.25) is 20.0 Å². The van der Waals surface area contributed by atoms with Crippen LogP contribution >= 0.6 is 15.9 Å². The van der Waals surface area contributed by atoms with E-state index in [0.29, 0.717) is 21.8 Å². The predicted molar refractivity (Wildman–Crippen MR) is 104 cm³/mol. The number of rotatable bonds is 6. The van der Waals surface area contributed by atoms with Gasteiger partial charge in [0.25, 0.3) is 5.91 Å². The van der Waals surface area contributed by atoms with Gasteiger partial charge in [-0.15, -0.1) is 0 Å². The molecule has 1 amide bonds. The smallest absolute Gasteiger partial charge is 0.266 e. The van der Waals surface area contributed by atoms with Gasteiger partial charge in [0.1, 0.15) is 10.6 Å². The fraction of sp³-hybridized carbons (Fsp3) is 0.267. The van der Waals surface area contributed by atoms with E-state index in [0.717, 1.165) is 9.71 Å². The van der Waals surface area contributed by atoms with Crippen molar-refractivity contribution in [2.75, 3.05) is 13.1 Å². The number of benzene rings is 1. The summed E-state index contributed by atoms with van der Waals surface area (Å²) in [5.74, 6) is -0.912. The Labute approximate surface area is 164 Å². The lowest BCUT2D eigenvalue weighted by atomic mass is 10.2. The third-order valence-electron chi connectivity index (χ3n) is 4.27. The van der Waals surface area contributed by atoms with Gasteiger partial charge in [-0.2, -0.15) is 4.31 Å². The third kappa shape index (κ3) is 3.80. The molecule has 0 bridgehead atoms. The number of halogens is 1. The van der Waals surface area contributed by atoms with Crippen LogP contribution in [0.25, 0.3) is 10.9 Å². The first-order valence-corrected chi connectivity index (χ1v) is 11.6. The largest absolute Gasteiger partial charge is 0.364 e. The molecule has 2 aromatic rings. The molecule has 1 aromatic carbocycles. The van der Waals surface area contributed by atoms with Gasteiger partial charge in [0, 0.05) is 39.9 Å². The number of nitrogens with two attached hydrogens (primary N) is 1. The average Bonchev–Trinajstić information content (AvgIpc) is 3.19. The van der Waals surface area contributed by atoms with E-state index in [9.17, 15) is 21.6 Å². The lowest BCUT2D eigenvalue weighted by Crippen LogP contribution is -2.38. The summed E-state index contributed by atoms with van der Waals surface area (Å²) in [6.07, 6.45) is 0.296. The maximum atomic E-state index is 13.0. The molecule has 2 heterocycles. The second kappa shape index (κ2) is 7.02. The number of fused-ring (bicyclic) bond motifs is 1. The first-order valence-electron chi connectivity index (χ1n) is 7.81. The van der Waals surface area contributed by atoms with Gasteiger partial charge in [-0.25, -0.2) is 21.6 Å². The topological polar surface area (TPSA) is 142 Å². The van der Waals surface area contributed by atoms with Crippen LogP contribution in [0.15, 0.2) is 39.6 Å². The Bertz CT molecular complexity index is 1140. The zero-order valence-corrected chi connectivity index (χ0v) is 17.2. The summed E-state index contributed by atoms with van der Waals surface area (Å²) >= 11 is 3.28. The van der Waals surface area contributed by atoms with Gasteiger partial charge in [-0.05, 0) is 24.6 Å². The number of amides is 1. The number of aromatic amines is 1. The molecule has 0 unspecified atom stereocenters. The van der Waals surface area contributed by atoms with Crippen molar-refractivity contribution in [3.63, 3.8) is 0 Å². The van der Waals surface area contributed by atoms with Crippen LogP contribution in [0.1, 0.15) is 16.9 Å². The van der Waals surface area contributed by atoms with E-state index in [1.807, 2.05) is 0 Å². The van der Waals surface area contributed by atoms with Crippen LogP contribution in [0, 0.1) is 0 Å². The van der Waals surface area contributed by atoms with Gasteiger partial charge in [-0.3, -0.25) is 4.79 Å². The molecule has 0 aliphatic carbocycles. The minimum Gasteiger partial charge on any atom is -0.364 e. The van der Waals surface area contributed by atoms with Crippen molar-refractivity contribution in [3.8, 4) is 0 Å². The second-order valence-electron chi connectivity index (χ2n) is 6.06. The van der Waals surface area contributed by atoms with Gasteiger partial charge < -0.3 is 10.7 Å². The maximum Gasteiger partial charge on any atom is 0.266 e. The Kier molecular flexibility index (Phi) is 5.20. The average molecular weight is 477 g/mol. The Morgan fingerprint density at radius 2 is 2.07 bits per heavy atom. The molecular formula is C15H17BrN4O5S2. The Hall–Kier alpha value is -1.73. The van der Waals surface area contributed by atoms with Crippen LogP contribution in [-0.4, -0.2) is 51.2 Å². The highest BCUT2D eigenvalue weighted by atomic mass is 79.9. The molecule has 1 saturated heterocycles. The molecule has 4 N–H and O–H groups in total. The van der Waals surface area contributed by atoms with E-state index >= 15 is 0 Å². The van der Waals surface area contributed by atoms with Gasteiger partial charge in [0.15, 0.2) is 0 Å². The first-order chi connectivity index (χ1) is 12.5. The predicted octanol–water partition coefficient (Wildman–Crippen LogP) is 0.855. The fourth-order valence-corrected chi connectivity index (χ4v) is 5.98. The van der Waals surface area contributed by atoms with Crippen molar-refractivity contribution in [2.45, 2.75) is 17.4 Å². The monoisotopic (exact) mass is 476 g/mol. The SMILES string of the molecule is C=CS(=O)(=O)N1CC[C@H](NS(=O)(=O)c2c(C(N)=O)[nH]c3ccc(Br)cc23)C1. The van der Waals surface area contributed by atoms with Crippen LogP contribution in [0.5, 0.6) is 0 Å². The van der Waals surface area contributed by atoms with Crippen LogP contribution < -0.4 is 10.5 Å². The quantitative estimate of drug-likeness (QED) is 0.566. The molecule has 27 heavy (non-hydrogen) atoms. The van der Waals surface area contributed by atoms with Crippen molar-refractivity contribution in [1.82, 2.24) is 14.0 Å². The molecule has 0 saturated carbocycles. The molecule has 1 atom stereocenters. The normalized spacial score (nSPS) is 18.8. The van der Waals surface area contributed by atoms with Crippen molar-refractivity contribution >= 4 is 52.8 Å². The summed E-state index contributed by atoms with van der Waals surface area (Å²) in [7, 11) is -7.77. The van der Waals surface area contributed by atoms with E-state index in [1.165, 1.54) is 0 Å². The number of nitrogens with one attached hydrogen (secondary N) is 2. The zero-order valence-electron chi connectivity index (χ0n) is 14.0. The van der Waals surface area contributed by atoms with Gasteiger partial charge >= 0.3 is 0 Å². The summed E-state index contributed by atoms with van der Waals surface area (Å²) in [6.45, 7) is 3.41. The number of primary amides is 1. The van der Waals surface area contributed by atoms with Crippen LogP contribution in [-0.2, 0) is 20.0 Å². The second-order valence-corrected chi connectivity index (χ2v) is 10.5. The molecule has 1 aliphatic rings. The summed E-state index contributed by atoms with van der Waals surface area (Å²) in [5, 5.41) is 1.13. The fourth-order valence-electron chi connectivity index (χ4n) is 3.03. The van der Waals surface area contributed by atoms with Crippen LogP contribution in [0.3, 0.4) is 0 Å². The summed E-state index contributed by atoms with van der Waals surface area (Å²) < 4.78 is 53.9. The maximum absolute atomic E-state index is 13.0. The summed E-state index contributed by atoms with van der Waals surface area (Å²) in [4.78, 5) is 14.2. The number of hydrogen-bond acceptors (Lipinski definition) is 5. The highest BCUT2D eigenvalue weighted by Gasteiger charge is 2.35. The molecule has 1 fully saturated rings. The number of H-pyrrole nitrogens is 1. The molecule has 9 nitrogen and oxygen atoms in total. The van der Waals surface area contributed by atoms with Gasteiger partial charge in [0.05, 0.1) is 0 Å². The minimum absolute atomic E-state index is 0.0223. The highest BCUT2D eigenvalue weighted by molar-refractivity contribution is 9.10. The minimum atomic E-state index is -4.15. The number of hydrogen-bond donors (Lipinski definition) is 3. The van der Waals surface area contributed by atoms with Crippen LogP contribution in [0.2, 0.25) is 0 Å². The summed E-state index contributed by atoms with van der Waals surface area (Å²) in [5.41, 5.74) is 5.55. The van der Waals surface area contributed by atoms with Crippen LogP contribution in [0.4, 0.5) is 0 Å². The standard InChI is InChI=1S/C15H17BrN4O5S2/c1-2-26(22,23)20-6-5-10(8-20)19-27(24,25)14-11-7-9(16)3-4-12(11)18-13(14)15(17)21/h2-4,7,10,18-19H,1,5-6,8H2,(H2,17,21)/t10-/m0/s1. The molecule has 1 aromatic heterocycles. The van der Waals surface area contributed by atoms with E-state index in [4.69, 9.17) is 5.73 Å². The van der Waals surface area contributed by atoms with E-state index in [1.54, 1.807) is 18.2 Å². The molecule has 1 aliphatic heterocycles. The third-order valence-corrected chi connectivity index (χ3v) is 7.84. The molecule has 12 heteroatoms. The van der Waals surface area contributed by atoms with Crippen molar-refractivity contribution in [3.05, 3.63) is 40.4 Å². The lowest BCUT2D eigenvalue weighted by molar-refractivity contribution is 0.0993. The molecule has 0 spiro atoms. The summed E-state index contributed by atoms with van der Waals surface area (Å²) in [6, 6.07) is 4.25. The van der Waals surface area contributed by atoms with E-state index in [2.05, 4.69) is 32.2 Å². The van der Waals surface area contributed by atoms with Crippen molar-refractivity contribution < 1.29 is 21.6 Å². The Morgan fingerprint density at radius 3 is 2.70 bits per heavy atom.